The van der Waals surface area contributed by atoms with E-state index in [1.807, 2.05) is 6.07 Å². The van der Waals surface area contributed by atoms with Gasteiger partial charge < -0.3 is 4.90 Å². The predicted octanol–water partition coefficient (Wildman–Crippen LogP) is 4.73. The van der Waals surface area contributed by atoms with E-state index in [-0.39, 0.29) is 28.1 Å². The van der Waals surface area contributed by atoms with Crippen LogP contribution < -0.4 is 4.90 Å². The molecule has 2 aromatic carbocycles. The van der Waals surface area contributed by atoms with Gasteiger partial charge in [0.1, 0.15) is 6.67 Å². The highest BCUT2D eigenvalue weighted by Gasteiger charge is 2.50. The summed E-state index contributed by atoms with van der Waals surface area (Å²) in [4.78, 5) is 14.0. The molecular weight excluding hydrogens is 476 g/mol. The summed E-state index contributed by atoms with van der Waals surface area (Å²) in [5.41, 5.74) is -6.20. The minimum atomic E-state index is -5.93. The molecule has 0 bridgehead atoms. The number of benzene rings is 2. The molecule has 12 heteroatoms. The third kappa shape index (κ3) is 3.97. The zero-order valence-corrected chi connectivity index (χ0v) is 18.6. The Hall–Kier alpha value is -3.90. The lowest BCUT2D eigenvalue weighted by atomic mass is 9.93. The average Bonchev–Trinajstić information content (AvgIpc) is 2.80. The van der Waals surface area contributed by atoms with Gasteiger partial charge in [-0.25, -0.2) is 17.6 Å². The fourth-order valence-electron chi connectivity index (χ4n) is 3.70. The van der Waals surface area contributed by atoms with Gasteiger partial charge in [0.15, 0.2) is 0 Å². The number of amides is 2. The normalized spacial score (nSPS) is 16.9. The molecule has 0 saturated heterocycles. The Balaban J connectivity index is 2.30. The van der Waals surface area contributed by atoms with Crippen molar-refractivity contribution in [2.45, 2.75) is 30.0 Å². The van der Waals surface area contributed by atoms with E-state index in [4.69, 9.17) is 5.26 Å². The fraction of sp³-hybridized carbons (Fsp3) is 0.227. The van der Waals surface area contributed by atoms with Crippen molar-refractivity contribution in [1.29, 1.82) is 10.5 Å². The number of carbonyl (C=O) groups is 1. The van der Waals surface area contributed by atoms with Crippen molar-refractivity contribution in [1.82, 2.24) is 4.90 Å². The van der Waals surface area contributed by atoms with E-state index in [0.717, 1.165) is 21.9 Å². The SMILES string of the molecule is CC1=C(C#N)[C@@H](c2ccc(C#N)cc2S(=O)(=O)C(F)(F)F)N(C)C(=O)N1c1cccc(CF)c1. The number of urea groups is 1. The molecule has 1 aliphatic rings. The number of carbonyl (C=O) groups excluding carboxylic acids is 1. The van der Waals surface area contributed by atoms with Crippen molar-refractivity contribution in [3.63, 3.8) is 0 Å². The quantitative estimate of drug-likeness (QED) is 0.574. The Labute approximate surface area is 192 Å². The van der Waals surface area contributed by atoms with Crippen molar-refractivity contribution in [3.8, 4) is 12.1 Å². The molecule has 0 spiro atoms. The number of nitrogens with zero attached hydrogens (tertiary/aromatic N) is 4. The van der Waals surface area contributed by atoms with Gasteiger partial charge in [0.05, 0.1) is 39.9 Å². The highest BCUT2D eigenvalue weighted by atomic mass is 32.2. The molecule has 0 aromatic heterocycles. The van der Waals surface area contributed by atoms with E-state index in [9.17, 15) is 36.0 Å². The molecule has 176 valence electrons. The third-order valence-electron chi connectivity index (χ3n) is 5.35. The van der Waals surface area contributed by atoms with E-state index in [1.165, 1.54) is 38.2 Å². The second kappa shape index (κ2) is 8.80. The summed E-state index contributed by atoms with van der Waals surface area (Å²) >= 11 is 0. The van der Waals surface area contributed by atoms with Crippen LogP contribution in [0.1, 0.15) is 29.7 Å². The number of allylic oxidation sites excluding steroid dienone is 1. The molecule has 7 nitrogen and oxygen atoms in total. The lowest BCUT2D eigenvalue weighted by Gasteiger charge is -2.40. The number of nitriles is 2. The lowest BCUT2D eigenvalue weighted by molar-refractivity contribution is -0.0436. The van der Waals surface area contributed by atoms with Gasteiger partial charge in [-0.05, 0) is 42.3 Å². The van der Waals surface area contributed by atoms with Crippen LogP contribution in [-0.2, 0) is 16.5 Å². The molecule has 0 unspecified atom stereocenters. The number of likely N-dealkylation sites (N-methyl/N-ethyl adjacent to an activating group) is 1. The number of alkyl halides is 4. The second-order valence-corrected chi connectivity index (χ2v) is 9.27. The summed E-state index contributed by atoms with van der Waals surface area (Å²) in [7, 11) is -4.73. The smallest absolute Gasteiger partial charge is 0.315 e. The Kier molecular flexibility index (Phi) is 6.40. The summed E-state index contributed by atoms with van der Waals surface area (Å²) in [6, 6.07) is 9.68. The van der Waals surface area contributed by atoms with Crippen LogP contribution in [0.25, 0.3) is 0 Å². The first-order valence-corrected chi connectivity index (χ1v) is 11.1. The van der Waals surface area contributed by atoms with Crippen LogP contribution in [0, 0.1) is 22.7 Å². The Morgan fingerprint density at radius 3 is 2.32 bits per heavy atom. The van der Waals surface area contributed by atoms with Crippen LogP contribution >= 0.6 is 0 Å². The lowest BCUT2D eigenvalue weighted by Crippen LogP contribution is -2.48. The van der Waals surface area contributed by atoms with Gasteiger partial charge in [-0.15, -0.1) is 0 Å². The van der Waals surface area contributed by atoms with E-state index < -0.39 is 44.6 Å². The molecule has 1 heterocycles. The number of halogens is 4. The number of sulfone groups is 1. The zero-order valence-electron chi connectivity index (χ0n) is 17.8. The van der Waals surface area contributed by atoms with Crippen molar-refractivity contribution < 1.29 is 30.8 Å². The second-order valence-electron chi connectivity index (χ2n) is 7.36. The van der Waals surface area contributed by atoms with Crippen LogP contribution in [0.15, 0.2) is 58.6 Å². The summed E-state index contributed by atoms with van der Waals surface area (Å²) in [6.07, 6.45) is 0. The Morgan fingerprint density at radius 2 is 1.76 bits per heavy atom. The molecule has 0 N–H and O–H groups in total. The molecule has 3 rings (SSSR count). The van der Waals surface area contributed by atoms with E-state index in [0.29, 0.717) is 6.07 Å². The Morgan fingerprint density at radius 1 is 1.09 bits per heavy atom. The Bertz CT molecular complexity index is 1390. The van der Waals surface area contributed by atoms with Crippen LogP contribution in [0.3, 0.4) is 0 Å². The van der Waals surface area contributed by atoms with Crippen molar-refractivity contribution in [2.24, 2.45) is 0 Å². The first-order valence-electron chi connectivity index (χ1n) is 9.57. The summed E-state index contributed by atoms with van der Waals surface area (Å²) < 4.78 is 78.0. The number of hydrogen-bond acceptors (Lipinski definition) is 5. The maximum absolute atomic E-state index is 13.4. The largest absolute Gasteiger partial charge is 0.501 e. The maximum atomic E-state index is 13.4. The summed E-state index contributed by atoms with van der Waals surface area (Å²) in [5.74, 6) is 0. The van der Waals surface area contributed by atoms with Gasteiger partial charge in [-0.3, -0.25) is 4.90 Å². The first kappa shape index (κ1) is 24.7. The van der Waals surface area contributed by atoms with Crippen LogP contribution in [0.4, 0.5) is 28.0 Å². The summed E-state index contributed by atoms with van der Waals surface area (Å²) in [5, 5.41) is 18.9. The molecule has 34 heavy (non-hydrogen) atoms. The van der Waals surface area contributed by atoms with Gasteiger partial charge >= 0.3 is 11.5 Å². The standard InChI is InChI=1S/C22H16F4N4O3S/c1-13-18(12-28)20(29(2)21(31)30(13)16-5-3-4-14(8-16)10-23)17-7-6-15(11-27)9-19(17)34(32,33)22(24,25)26/h3-9,20H,10H2,1-2H3/t20-/m1/s1. The predicted molar refractivity (Wildman–Crippen MR) is 112 cm³/mol. The van der Waals surface area contributed by atoms with E-state index in [2.05, 4.69) is 0 Å². The zero-order chi connectivity index (χ0) is 25.4. The molecule has 2 aromatic rings. The molecule has 0 aliphatic carbocycles. The molecular formula is C22H16F4N4O3S. The van der Waals surface area contributed by atoms with Gasteiger partial charge in [-0.1, -0.05) is 18.2 Å². The van der Waals surface area contributed by atoms with E-state index in [1.54, 1.807) is 6.07 Å². The van der Waals surface area contributed by atoms with Gasteiger partial charge in [-0.2, -0.15) is 23.7 Å². The average molecular weight is 492 g/mol. The molecule has 0 radical (unpaired) electrons. The van der Waals surface area contributed by atoms with Gasteiger partial charge in [0.2, 0.25) is 0 Å². The molecule has 2 amide bonds. The van der Waals surface area contributed by atoms with Crippen molar-refractivity contribution in [2.75, 3.05) is 11.9 Å². The minimum Gasteiger partial charge on any atom is -0.315 e. The molecule has 1 aliphatic heterocycles. The molecule has 0 fully saturated rings. The van der Waals surface area contributed by atoms with E-state index >= 15 is 0 Å². The number of rotatable bonds is 4. The maximum Gasteiger partial charge on any atom is 0.501 e. The monoisotopic (exact) mass is 492 g/mol. The van der Waals surface area contributed by atoms with Gasteiger partial charge in [0, 0.05) is 12.7 Å². The van der Waals surface area contributed by atoms with Gasteiger partial charge in [0.25, 0.3) is 9.84 Å². The topological polar surface area (TPSA) is 105 Å². The van der Waals surface area contributed by atoms with Crippen LogP contribution in [-0.4, -0.2) is 31.9 Å². The highest BCUT2D eigenvalue weighted by molar-refractivity contribution is 7.92. The van der Waals surface area contributed by atoms with Crippen LogP contribution in [0.2, 0.25) is 0 Å². The first-order chi connectivity index (χ1) is 15.9. The third-order valence-corrected chi connectivity index (χ3v) is 6.90. The van der Waals surface area contributed by atoms with Crippen LogP contribution in [0.5, 0.6) is 0 Å². The molecule has 1 atom stereocenters. The van der Waals surface area contributed by atoms with Crippen molar-refractivity contribution in [3.05, 3.63) is 70.4 Å². The highest BCUT2D eigenvalue weighted by Crippen LogP contribution is 2.42. The van der Waals surface area contributed by atoms with Crippen molar-refractivity contribution >= 4 is 21.6 Å². The number of anilines is 1. The minimum absolute atomic E-state index is 0.0336. The number of hydrogen-bond donors (Lipinski definition) is 0. The summed E-state index contributed by atoms with van der Waals surface area (Å²) in [6.45, 7) is 0.562. The fourth-order valence-corrected chi connectivity index (χ4v) is 4.72. The molecule has 0 saturated carbocycles.